The van der Waals surface area contributed by atoms with E-state index in [0.717, 1.165) is 0 Å². The van der Waals surface area contributed by atoms with Gasteiger partial charge in [-0.15, -0.1) is 0 Å². The van der Waals surface area contributed by atoms with E-state index >= 15 is 0 Å². The number of hydrogen-bond donors (Lipinski definition) is 1. The summed E-state index contributed by atoms with van der Waals surface area (Å²) in [5, 5.41) is 9.31. The summed E-state index contributed by atoms with van der Waals surface area (Å²) < 4.78 is 16.8. The molecule has 1 heterocycles. The molecule has 0 saturated carbocycles. The smallest absolute Gasteiger partial charge is 0.326 e. The zero-order valence-electron chi connectivity index (χ0n) is 14.9. The largest absolute Gasteiger partial charge is 0.490 e. The van der Waals surface area contributed by atoms with Gasteiger partial charge in [0.2, 0.25) is 5.75 Å². The summed E-state index contributed by atoms with van der Waals surface area (Å²) in [7, 11) is 0. The number of aliphatic carboxylic acids is 1. The lowest BCUT2D eigenvalue weighted by Gasteiger charge is -2.23. The average molecular weight is 351 g/mol. The van der Waals surface area contributed by atoms with Crippen LogP contribution in [0.3, 0.4) is 0 Å². The Morgan fingerprint density at radius 2 is 1.64 bits per heavy atom. The van der Waals surface area contributed by atoms with Crippen LogP contribution in [0.25, 0.3) is 0 Å². The van der Waals surface area contributed by atoms with Crippen LogP contribution >= 0.6 is 0 Å². The van der Waals surface area contributed by atoms with E-state index in [1.165, 1.54) is 4.90 Å². The molecule has 7 heteroatoms. The maximum absolute atomic E-state index is 12.9. The van der Waals surface area contributed by atoms with Crippen molar-refractivity contribution in [2.75, 3.05) is 26.4 Å². The Morgan fingerprint density at radius 1 is 1.08 bits per heavy atom. The molecule has 2 rings (SSSR count). The van der Waals surface area contributed by atoms with Gasteiger partial charge >= 0.3 is 5.97 Å². The molecule has 0 spiro atoms. The van der Waals surface area contributed by atoms with Crippen LogP contribution in [0.4, 0.5) is 0 Å². The third-order valence-electron chi connectivity index (χ3n) is 3.95. The molecule has 1 fully saturated rings. The molecule has 1 aliphatic heterocycles. The van der Waals surface area contributed by atoms with Crippen LogP contribution in [-0.4, -0.2) is 54.3 Å². The predicted molar refractivity (Wildman–Crippen MR) is 91.6 cm³/mol. The van der Waals surface area contributed by atoms with E-state index in [1.54, 1.807) is 12.1 Å². The summed E-state index contributed by atoms with van der Waals surface area (Å²) in [6, 6.07) is 2.40. The number of carboxylic acids is 1. The van der Waals surface area contributed by atoms with Crippen molar-refractivity contribution in [3.05, 3.63) is 17.7 Å². The Hall–Kier alpha value is -2.44. The first kappa shape index (κ1) is 18.9. The molecule has 0 aromatic heterocycles. The van der Waals surface area contributed by atoms with E-state index in [2.05, 4.69) is 0 Å². The molecule has 1 N–H and O–H groups in total. The van der Waals surface area contributed by atoms with E-state index in [-0.39, 0.29) is 5.91 Å². The van der Waals surface area contributed by atoms with Crippen molar-refractivity contribution in [2.45, 2.75) is 39.7 Å². The van der Waals surface area contributed by atoms with Gasteiger partial charge in [-0.25, -0.2) is 4.79 Å². The zero-order valence-corrected chi connectivity index (χ0v) is 14.9. The number of nitrogens with zero attached hydrogens (tertiary/aromatic N) is 1. The highest BCUT2D eigenvalue weighted by Gasteiger charge is 2.35. The number of rotatable bonds is 8. The standard InChI is InChI=1S/C18H25NO6/c1-4-23-14-10-12(11-15(24-5-2)16(14)25-6-3)17(20)19-9-7-8-13(19)18(21)22/h10-11,13H,4-9H2,1-3H3,(H,21,22)/t13-/m1/s1. The van der Waals surface area contributed by atoms with Crippen LogP contribution in [0.1, 0.15) is 44.0 Å². The SMILES string of the molecule is CCOc1cc(C(=O)N2CCC[C@@H]2C(=O)O)cc(OCC)c1OCC. The van der Waals surface area contributed by atoms with Crippen molar-refractivity contribution >= 4 is 11.9 Å². The first-order valence-corrected chi connectivity index (χ1v) is 8.63. The summed E-state index contributed by atoms with van der Waals surface area (Å²) in [4.78, 5) is 25.6. The summed E-state index contributed by atoms with van der Waals surface area (Å²) in [6.45, 7) is 7.20. The lowest BCUT2D eigenvalue weighted by atomic mass is 10.1. The molecule has 0 aliphatic carbocycles. The molecule has 1 aromatic rings. The Bertz CT molecular complexity index is 603. The number of carboxylic acid groups (broad SMARTS) is 1. The number of ether oxygens (including phenoxy) is 3. The Balaban J connectivity index is 2.42. The van der Waals surface area contributed by atoms with Gasteiger partial charge in [0.1, 0.15) is 6.04 Å². The summed E-state index contributed by atoms with van der Waals surface area (Å²) >= 11 is 0. The second kappa shape index (κ2) is 8.60. The average Bonchev–Trinajstić information content (AvgIpc) is 3.07. The number of hydrogen-bond acceptors (Lipinski definition) is 5. The van der Waals surface area contributed by atoms with E-state index in [4.69, 9.17) is 14.2 Å². The van der Waals surface area contributed by atoms with Gasteiger partial charge in [0, 0.05) is 12.1 Å². The molecule has 0 bridgehead atoms. The minimum absolute atomic E-state index is 0.337. The molecule has 0 radical (unpaired) electrons. The van der Waals surface area contributed by atoms with Crippen LogP contribution in [0, 0.1) is 0 Å². The van der Waals surface area contributed by atoms with Gasteiger partial charge in [-0.3, -0.25) is 4.79 Å². The monoisotopic (exact) mass is 351 g/mol. The maximum atomic E-state index is 12.9. The fourth-order valence-corrected chi connectivity index (χ4v) is 2.94. The van der Waals surface area contributed by atoms with Crippen LogP contribution in [0.2, 0.25) is 0 Å². The number of carbonyl (C=O) groups is 2. The highest BCUT2D eigenvalue weighted by molar-refractivity contribution is 5.98. The van der Waals surface area contributed by atoms with Gasteiger partial charge in [0.15, 0.2) is 11.5 Å². The molecule has 138 valence electrons. The van der Waals surface area contributed by atoms with Gasteiger partial charge in [-0.2, -0.15) is 0 Å². The van der Waals surface area contributed by atoms with E-state index in [0.29, 0.717) is 62.0 Å². The van der Waals surface area contributed by atoms with Crippen molar-refractivity contribution in [1.29, 1.82) is 0 Å². The fourth-order valence-electron chi connectivity index (χ4n) is 2.94. The summed E-state index contributed by atoms with van der Waals surface area (Å²) in [6.07, 6.45) is 1.14. The zero-order chi connectivity index (χ0) is 18.4. The van der Waals surface area contributed by atoms with Gasteiger partial charge in [-0.1, -0.05) is 0 Å². The van der Waals surface area contributed by atoms with Gasteiger partial charge in [0.25, 0.3) is 5.91 Å². The molecular formula is C18H25NO6. The lowest BCUT2D eigenvalue weighted by Crippen LogP contribution is -2.40. The minimum Gasteiger partial charge on any atom is -0.490 e. The quantitative estimate of drug-likeness (QED) is 0.775. The van der Waals surface area contributed by atoms with Crippen molar-refractivity contribution in [2.24, 2.45) is 0 Å². The third-order valence-corrected chi connectivity index (χ3v) is 3.95. The molecular weight excluding hydrogens is 326 g/mol. The van der Waals surface area contributed by atoms with Gasteiger partial charge < -0.3 is 24.2 Å². The van der Waals surface area contributed by atoms with E-state index < -0.39 is 12.0 Å². The number of benzene rings is 1. The molecule has 1 aliphatic rings. The normalized spacial score (nSPS) is 16.6. The van der Waals surface area contributed by atoms with Crippen LogP contribution < -0.4 is 14.2 Å². The molecule has 0 unspecified atom stereocenters. The molecule has 1 amide bonds. The summed E-state index contributed by atoms with van der Waals surface area (Å²) in [5.74, 6) is -0.0184. The molecule has 7 nitrogen and oxygen atoms in total. The van der Waals surface area contributed by atoms with Crippen molar-refractivity contribution in [1.82, 2.24) is 4.90 Å². The molecule has 1 saturated heterocycles. The maximum Gasteiger partial charge on any atom is 0.326 e. The fraction of sp³-hybridized carbons (Fsp3) is 0.556. The van der Waals surface area contributed by atoms with Crippen molar-refractivity contribution < 1.29 is 28.9 Å². The molecule has 1 aromatic carbocycles. The minimum atomic E-state index is -0.980. The highest BCUT2D eigenvalue weighted by Crippen LogP contribution is 2.39. The Morgan fingerprint density at radius 3 is 2.12 bits per heavy atom. The Labute approximate surface area is 147 Å². The second-order valence-corrected chi connectivity index (χ2v) is 5.60. The number of amides is 1. The third kappa shape index (κ3) is 4.15. The number of carbonyl (C=O) groups excluding carboxylic acids is 1. The molecule has 25 heavy (non-hydrogen) atoms. The van der Waals surface area contributed by atoms with Crippen LogP contribution in [0.15, 0.2) is 12.1 Å². The van der Waals surface area contributed by atoms with Crippen LogP contribution in [-0.2, 0) is 4.79 Å². The first-order valence-electron chi connectivity index (χ1n) is 8.63. The number of likely N-dealkylation sites (tertiary alicyclic amines) is 1. The topological polar surface area (TPSA) is 85.3 Å². The Kier molecular flexibility index (Phi) is 6.50. The van der Waals surface area contributed by atoms with E-state index in [1.807, 2.05) is 20.8 Å². The van der Waals surface area contributed by atoms with Gasteiger partial charge in [-0.05, 0) is 45.7 Å². The molecule has 1 atom stereocenters. The van der Waals surface area contributed by atoms with Crippen molar-refractivity contribution in [3.63, 3.8) is 0 Å². The lowest BCUT2D eigenvalue weighted by molar-refractivity contribution is -0.141. The van der Waals surface area contributed by atoms with Crippen molar-refractivity contribution in [3.8, 4) is 17.2 Å². The van der Waals surface area contributed by atoms with E-state index in [9.17, 15) is 14.7 Å². The van der Waals surface area contributed by atoms with Crippen LogP contribution in [0.5, 0.6) is 17.2 Å². The summed E-state index contributed by atoms with van der Waals surface area (Å²) in [5.41, 5.74) is 0.337. The van der Waals surface area contributed by atoms with Gasteiger partial charge in [0.05, 0.1) is 19.8 Å². The highest BCUT2D eigenvalue weighted by atomic mass is 16.5. The predicted octanol–water partition coefficient (Wildman–Crippen LogP) is 2.57. The second-order valence-electron chi connectivity index (χ2n) is 5.60. The first-order chi connectivity index (χ1) is 12.0.